The van der Waals surface area contributed by atoms with Crippen LogP contribution in [0.4, 0.5) is 0 Å². The minimum atomic E-state index is -0.0335. The average Bonchev–Trinajstić information content (AvgIpc) is 3.11. The van der Waals surface area contributed by atoms with Crippen molar-refractivity contribution in [2.45, 2.75) is 252 Å². The van der Waals surface area contributed by atoms with E-state index in [4.69, 9.17) is 9.47 Å². The number of hydrogen-bond donors (Lipinski definition) is 1. The Morgan fingerprint density at radius 1 is 0.451 bits per heavy atom. The van der Waals surface area contributed by atoms with Gasteiger partial charge in [-0.1, -0.05) is 156 Å². The molecule has 0 amide bonds. The van der Waals surface area contributed by atoms with E-state index in [0.29, 0.717) is 12.8 Å². The van der Waals surface area contributed by atoms with Gasteiger partial charge in [0.2, 0.25) is 0 Å². The maximum Gasteiger partial charge on any atom is 0.306 e. The van der Waals surface area contributed by atoms with Crippen LogP contribution in [-0.2, 0) is 19.1 Å². The molecule has 0 saturated carbocycles. The highest BCUT2D eigenvalue weighted by Crippen LogP contribution is 2.19. The molecule has 0 saturated heterocycles. The lowest BCUT2D eigenvalue weighted by molar-refractivity contribution is -0.150. The van der Waals surface area contributed by atoms with Crippen LogP contribution in [0.2, 0.25) is 0 Å². The molecule has 0 fully saturated rings. The van der Waals surface area contributed by atoms with Crippen molar-refractivity contribution < 1.29 is 24.2 Å². The Balaban J connectivity index is 3.99. The Bertz CT molecular complexity index is 715. The third-order valence-corrected chi connectivity index (χ3v) is 10.5. The Morgan fingerprint density at radius 2 is 0.804 bits per heavy atom. The number of aliphatic hydroxyl groups excluding tert-OH is 1. The van der Waals surface area contributed by atoms with Gasteiger partial charge in [0, 0.05) is 19.4 Å². The van der Waals surface area contributed by atoms with E-state index in [1.165, 1.54) is 122 Å². The summed E-state index contributed by atoms with van der Waals surface area (Å²) >= 11 is 0. The Kier molecular flexibility index (Phi) is 39.2. The van der Waals surface area contributed by atoms with Crippen LogP contribution in [0.3, 0.4) is 0 Å². The highest BCUT2D eigenvalue weighted by Gasteiger charge is 2.14. The van der Waals surface area contributed by atoms with Crippen LogP contribution in [0.15, 0.2) is 0 Å². The second-order valence-electron chi connectivity index (χ2n) is 15.7. The molecule has 0 aromatic carbocycles. The van der Waals surface area contributed by atoms with Gasteiger partial charge in [0.05, 0.1) is 12.7 Å². The van der Waals surface area contributed by atoms with Gasteiger partial charge in [0.1, 0.15) is 6.10 Å². The molecular formula is C45H89NO5. The first kappa shape index (κ1) is 49.9. The lowest BCUT2D eigenvalue weighted by Crippen LogP contribution is -2.29. The number of rotatable bonds is 41. The fourth-order valence-corrected chi connectivity index (χ4v) is 7.11. The molecule has 0 aliphatic rings. The van der Waals surface area contributed by atoms with E-state index in [9.17, 15) is 14.7 Å². The summed E-state index contributed by atoms with van der Waals surface area (Å²) < 4.78 is 11.6. The van der Waals surface area contributed by atoms with Gasteiger partial charge in [0.15, 0.2) is 0 Å². The predicted molar refractivity (Wildman–Crippen MR) is 218 cm³/mol. The second-order valence-corrected chi connectivity index (χ2v) is 15.7. The van der Waals surface area contributed by atoms with Gasteiger partial charge in [-0.2, -0.15) is 0 Å². The van der Waals surface area contributed by atoms with Gasteiger partial charge in [0.25, 0.3) is 0 Å². The van der Waals surface area contributed by atoms with Crippen LogP contribution in [-0.4, -0.2) is 60.4 Å². The molecule has 0 rings (SSSR count). The third-order valence-electron chi connectivity index (χ3n) is 10.5. The molecule has 6 nitrogen and oxygen atoms in total. The Morgan fingerprint density at radius 3 is 1.24 bits per heavy atom. The fourth-order valence-electron chi connectivity index (χ4n) is 7.11. The Hall–Kier alpha value is -1.14. The van der Waals surface area contributed by atoms with Gasteiger partial charge in [-0.05, 0) is 84.2 Å². The average molecular weight is 724 g/mol. The molecule has 0 bridgehead atoms. The first-order chi connectivity index (χ1) is 25.0. The topological polar surface area (TPSA) is 76.1 Å². The number of aliphatic hydroxyl groups is 1. The zero-order valence-electron chi connectivity index (χ0n) is 34.8. The molecule has 1 N–H and O–H groups in total. The van der Waals surface area contributed by atoms with Crippen molar-refractivity contribution in [2.75, 3.05) is 26.2 Å². The molecule has 0 aromatic heterocycles. The largest absolute Gasteiger partial charge is 0.463 e. The van der Waals surface area contributed by atoms with Crippen molar-refractivity contribution >= 4 is 11.9 Å². The summed E-state index contributed by atoms with van der Waals surface area (Å²) in [6.45, 7) is 11.8. The number of ether oxygens (including phenoxy) is 2. The minimum absolute atomic E-state index is 0.0134. The van der Waals surface area contributed by atoms with Crippen LogP contribution >= 0.6 is 0 Å². The van der Waals surface area contributed by atoms with Crippen molar-refractivity contribution in [1.29, 1.82) is 0 Å². The zero-order chi connectivity index (χ0) is 37.5. The van der Waals surface area contributed by atoms with Crippen molar-refractivity contribution in [2.24, 2.45) is 0 Å². The molecule has 0 heterocycles. The summed E-state index contributed by atoms with van der Waals surface area (Å²) in [7, 11) is 0. The van der Waals surface area contributed by atoms with Crippen LogP contribution in [0.1, 0.15) is 240 Å². The van der Waals surface area contributed by atoms with E-state index in [1.54, 1.807) is 0 Å². The molecule has 0 radical (unpaired) electrons. The lowest BCUT2D eigenvalue weighted by Gasteiger charge is -2.21. The molecule has 51 heavy (non-hydrogen) atoms. The zero-order valence-corrected chi connectivity index (χ0v) is 34.8. The molecule has 0 aliphatic heterocycles. The molecule has 1 unspecified atom stereocenters. The molecule has 304 valence electrons. The van der Waals surface area contributed by atoms with Crippen LogP contribution in [0.5, 0.6) is 0 Å². The summed E-state index contributed by atoms with van der Waals surface area (Å²) in [4.78, 5) is 27.3. The SMILES string of the molecule is CCCCCCCCC(C)OC(=O)CCCCCCCN(CCO)CCCCCCCC(=O)OC(CCCCCCCC)CCCCCCCC. The van der Waals surface area contributed by atoms with Gasteiger partial charge < -0.3 is 19.5 Å². The highest BCUT2D eigenvalue weighted by atomic mass is 16.5. The molecular weight excluding hydrogens is 634 g/mol. The summed E-state index contributed by atoms with van der Waals surface area (Å²) in [6.07, 6.45) is 38.3. The van der Waals surface area contributed by atoms with Crippen LogP contribution < -0.4 is 0 Å². The Labute approximate surface area is 318 Å². The summed E-state index contributed by atoms with van der Waals surface area (Å²) in [5.74, 6) is -0.0202. The number of unbranched alkanes of at least 4 members (excludes halogenated alkanes) is 23. The van der Waals surface area contributed by atoms with E-state index in [2.05, 4.69) is 25.7 Å². The highest BCUT2D eigenvalue weighted by molar-refractivity contribution is 5.69. The predicted octanol–water partition coefficient (Wildman–Crippen LogP) is 13.1. The summed E-state index contributed by atoms with van der Waals surface area (Å²) in [5.41, 5.74) is 0. The van der Waals surface area contributed by atoms with Crippen molar-refractivity contribution in [1.82, 2.24) is 4.90 Å². The monoisotopic (exact) mass is 724 g/mol. The van der Waals surface area contributed by atoms with Crippen LogP contribution in [0.25, 0.3) is 0 Å². The van der Waals surface area contributed by atoms with Gasteiger partial charge in [-0.15, -0.1) is 0 Å². The summed E-state index contributed by atoms with van der Waals surface area (Å²) in [6, 6.07) is 0. The van der Waals surface area contributed by atoms with E-state index in [0.717, 1.165) is 96.7 Å². The van der Waals surface area contributed by atoms with Gasteiger partial charge >= 0.3 is 11.9 Å². The fraction of sp³-hybridized carbons (Fsp3) is 0.956. The molecule has 0 aromatic rings. The molecule has 6 heteroatoms. The normalized spacial score (nSPS) is 12.2. The van der Waals surface area contributed by atoms with E-state index >= 15 is 0 Å². The quantitative estimate of drug-likeness (QED) is 0.0500. The van der Waals surface area contributed by atoms with E-state index in [1.807, 2.05) is 6.92 Å². The number of hydrogen-bond acceptors (Lipinski definition) is 6. The van der Waals surface area contributed by atoms with Crippen LogP contribution in [0, 0.1) is 0 Å². The standard InChI is InChI=1S/C45H89NO5/c1-5-8-11-14-19-26-33-42(4)50-44(48)36-29-22-17-24-31-38-46(40-41-47)39-32-25-18-23-30-37-45(49)51-43(34-27-20-15-12-9-6-2)35-28-21-16-13-10-7-3/h42-43,47H,5-41H2,1-4H3. The number of carbonyl (C=O) groups is 2. The number of carbonyl (C=O) groups excluding carboxylic acids is 2. The maximum atomic E-state index is 12.7. The number of esters is 2. The second kappa shape index (κ2) is 40.1. The third kappa shape index (κ3) is 37.0. The van der Waals surface area contributed by atoms with Crippen molar-refractivity contribution in [3.63, 3.8) is 0 Å². The van der Waals surface area contributed by atoms with Crippen molar-refractivity contribution in [3.8, 4) is 0 Å². The smallest absolute Gasteiger partial charge is 0.306 e. The van der Waals surface area contributed by atoms with E-state index < -0.39 is 0 Å². The van der Waals surface area contributed by atoms with Gasteiger partial charge in [-0.25, -0.2) is 0 Å². The van der Waals surface area contributed by atoms with Gasteiger partial charge in [-0.3, -0.25) is 9.59 Å². The first-order valence-corrected chi connectivity index (χ1v) is 22.7. The molecule has 0 spiro atoms. The van der Waals surface area contributed by atoms with Crippen molar-refractivity contribution in [3.05, 3.63) is 0 Å². The minimum Gasteiger partial charge on any atom is -0.463 e. The summed E-state index contributed by atoms with van der Waals surface area (Å²) in [5, 5.41) is 9.56. The maximum absolute atomic E-state index is 12.7. The lowest BCUT2D eigenvalue weighted by atomic mass is 10.0. The van der Waals surface area contributed by atoms with E-state index in [-0.39, 0.29) is 30.8 Å². The molecule has 1 atom stereocenters. The molecule has 0 aliphatic carbocycles. The number of nitrogens with zero attached hydrogens (tertiary/aromatic N) is 1. The first-order valence-electron chi connectivity index (χ1n) is 22.7.